The summed E-state index contributed by atoms with van der Waals surface area (Å²) in [5, 5.41) is 3.41. The largest absolute Gasteiger partial charge is 0.405 e. The van der Waals surface area contributed by atoms with Crippen molar-refractivity contribution in [2.45, 2.75) is 58.5 Å². The lowest BCUT2D eigenvalue weighted by Gasteiger charge is -2.17. The zero-order chi connectivity index (χ0) is 25.8. The first-order valence-electron chi connectivity index (χ1n) is 12.5. The van der Waals surface area contributed by atoms with Crippen LogP contribution in [0.25, 0.3) is 16.9 Å². The Kier molecular flexibility index (Phi) is 10.6. The summed E-state index contributed by atoms with van der Waals surface area (Å²) < 4.78 is 15.4. The molecule has 0 aliphatic carbocycles. The molecule has 0 amide bonds. The van der Waals surface area contributed by atoms with E-state index < -0.39 is 0 Å². The zero-order valence-corrected chi connectivity index (χ0v) is 21.2. The van der Waals surface area contributed by atoms with Crippen LogP contribution in [-0.4, -0.2) is 34.3 Å². The third-order valence-electron chi connectivity index (χ3n) is 5.92. The molecule has 3 aromatic rings. The minimum absolute atomic E-state index is 0.0506. The summed E-state index contributed by atoms with van der Waals surface area (Å²) in [5.41, 5.74) is 8.29. The van der Waals surface area contributed by atoms with Gasteiger partial charge in [-0.1, -0.05) is 31.0 Å². The number of aliphatic imine (C=N–C) groups is 1. The molecule has 0 spiro atoms. The molecule has 0 saturated carbocycles. The molecule has 1 unspecified atom stereocenters. The maximum Gasteiger partial charge on any atom is 0.137 e. The quantitative estimate of drug-likeness (QED) is 0.446. The fraction of sp³-hybridized carbons (Fsp3) is 0.345. The summed E-state index contributed by atoms with van der Waals surface area (Å²) in [5.74, 6) is 0.496. The first-order valence-corrected chi connectivity index (χ1v) is 12.5. The number of ketones is 1. The molecule has 1 saturated heterocycles. The molecule has 1 fully saturated rings. The molecule has 1 aliphatic heterocycles. The molecule has 7 heteroatoms. The van der Waals surface area contributed by atoms with Crippen molar-refractivity contribution in [3.63, 3.8) is 0 Å². The number of rotatable bonds is 6. The Morgan fingerprint density at radius 2 is 1.97 bits per heavy atom. The Bertz CT molecular complexity index is 1160. The number of para-hydroxylation sites is 1. The summed E-state index contributed by atoms with van der Waals surface area (Å²) >= 11 is 0. The highest BCUT2D eigenvalue weighted by Crippen LogP contribution is 2.24. The number of nitrogens with two attached hydrogens (primary N) is 1. The average Bonchev–Trinajstić information content (AvgIpc) is 3.26. The van der Waals surface area contributed by atoms with Gasteiger partial charge in [-0.15, -0.1) is 0 Å². The van der Waals surface area contributed by atoms with Crippen molar-refractivity contribution in [1.82, 2.24) is 14.9 Å². The first-order chi connectivity index (χ1) is 17.5. The van der Waals surface area contributed by atoms with Gasteiger partial charge < -0.3 is 10.3 Å². The van der Waals surface area contributed by atoms with Crippen LogP contribution in [-0.2, 0) is 11.2 Å². The average molecular weight is 490 g/mol. The van der Waals surface area contributed by atoms with Crippen LogP contribution in [0, 0.1) is 12.7 Å². The van der Waals surface area contributed by atoms with E-state index in [1.54, 1.807) is 38.3 Å². The standard InChI is InChI=1S/C19H17FN2O.C10H19N3/c1-13-10-15(8-9-17(13)20)18-12-22(16-6-4-3-5-7-16)19(21-18)11-14(2)23;11-7-5-9-13-10-6-3-1-2-4-8-12-10/h3-10,12H,11H2,1-2H3;5,7,9-10,12H,1-4,6,8,11H2/b;7-5-,13-9-. The molecule has 36 heavy (non-hydrogen) atoms. The maximum absolute atomic E-state index is 13.5. The maximum atomic E-state index is 13.5. The van der Waals surface area contributed by atoms with Gasteiger partial charge in [-0.05, 0) is 87.8 Å². The zero-order valence-electron chi connectivity index (χ0n) is 21.2. The number of imidazole rings is 1. The van der Waals surface area contributed by atoms with Gasteiger partial charge in [0.1, 0.15) is 17.4 Å². The second kappa shape index (κ2) is 14.1. The number of halogens is 1. The molecule has 0 radical (unpaired) electrons. The lowest BCUT2D eigenvalue weighted by atomic mass is 10.1. The van der Waals surface area contributed by atoms with Crippen molar-refractivity contribution >= 4 is 12.0 Å². The molecule has 3 N–H and O–H groups in total. The summed E-state index contributed by atoms with van der Waals surface area (Å²) in [7, 11) is 0. The molecule has 2 aromatic carbocycles. The number of benzene rings is 2. The Hall–Kier alpha value is -3.58. The molecule has 2 heterocycles. The highest BCUT2D eigenvalue weighted by atomic mass is 19.1. The third kappa shape index (κ3) is 8.27. The fourth-order valence-electron chi connectivity index (χ4n) is 4.04. The van der Waals surface area contributed by atoms with Gasteiger partial charge in [-0.2, -0.15) is 0 Å². The highest BCUT2D eigenvalue weighted by molar-refractivity contribution is 5.78. The number of hydrogen-bond donors (Lipinski definition) is 2. The smallest absolute Gasteiger partial charge is 0.137 e. The summed E-state index contributed by atoms with van der Waals surface area (Å²) in [6.07, 6.45) is 13.9. The third-order valence-corrected chi connectivity index (χ3v) is 5.92. The van der Waals surface area contributed by atoms with Gasteiger partial charge in [-0.25, -0.2) is 9.37 Å². The summed E-state index contributed by atoms with van der Waals surface area (Å²) in [6.45, 7) is 4.36. The van der Waals surface area contributed by atoms with E-state index in [4.69, 9.17) is 5.73 Å². The molecule has 6 nitrogen and oxygen atoms in total. The number of carbonyl (C=O) groups is 1. The second-order valence-electron chi connectivity index (χ2n) is 8.95. The lowest BCUT2D eigenvalue weighted by molar-refractivity contribution is -0.116. The van der Waals surface area contributed by atoms with E-state index in [2.05, 4.69) is 15.3 Å². The van der Waals surface area contributed by atoms with Crippen LogP contribution in [0.2, 0.25) is 0 Å². The van der Waals surface area contributed by atoms with Crippen molar-refractivity contribution in [2.24, 2.45) is 10.7 Å². The fourth-order valence-corrected chi connectivity index (χ4v) is 4.04. The van der Waals surface area contributed by atoms with Crippen LogP contribution in [0.15, 0.2) is 72.0 Å². The molecule has 1 aromatic heterocycles. The van der Waals surface area contributed by atoms with E-state index in [-0.39, 0.29) is 18.0 Å². The Morgan fingerprint density at radius 3 is 2.69 bits per heavy atom. The monoisotopic (exact) mass is 489 g/mol. The minimum Gasteiger partial charge on any atom is -0.405 e. The minimum atomic E-state index is -0.236. The number of Topliss-reactive ketones (excluding diaryl/α,β-unsaturated/α-hetero) is 1. The normalized spacial score (nSPS) is 16.4. The molecular formula is C29H36FN5O. The number of nitrogens with one attached hydrogen (secondary N) is 1. The van der Waals surface area contributed by atoms with Crippen LogP contribution >= 0.6 is 0 Å². The first kappa shape index (κ1) is 27.0. The van der Waals surface area contributed by atoms with E-state index in [1.807, 2.05) is 41.1 Å². The molecule has 190 valence electrons. The molecule has 1 aliphatic rings. The molecule has 0 bridgehead atoms. The van der Waals surface area contributed by atoms with Gasteiger partial charge in [0, 0.05) is 23.7 Å². The molecule has 4 rings (SSSR count). The van der Waals surface area contributed by atoms with Gasteiger partial charge >= 0.3 is 0 Å². The predicted octanol–water partition coefficient (Wildman–Crippen LogP) is 5.53. The lowest BCUT2D eigenvalue weighted by Crippen LogP contribution is -2.29. The summed E-state index contributed by atoms with van der Waals surface area (Å²) in [4.78, 5) is 20.5. The van der Waals surface area contributed by atoms with Gasteiger partial charge in [-0.3, -0.25) is 15.1 Å². The van der Waals surface area contributed by atoms with Gasteiger partial charge in [0.05, 0.1) is 18.3 Å². The second-order valence-corrected chi connectivity index (χ2v) is 8.95. The van der Waals surface area contributed by atoms with Crippen molar-refractivity contribution in [3.8, 4) is 16.9 Å². The number of aromatic nitrogens is 2. The number of hydrogen-bond acceptors (Lipinski definition) is 5. The summed E-state index contributed by atoms with van der Waals surface area (Å²) in [6, 6.07) is 14.7. The van der Waals surface area contributed by atoms with Crippen LogP contribution in [0.3, 0.4) is 0 Å². The van der Waals surface area contributed by atoms with Crippen LogP contribution < -0.4 is 11.1 Å². The molecule has 1 atom stereocenters. The topological polar surface area (TPSA) is 85.3 Å². The van der Waals surface area contributed by atoms with Gasteiger partial charge in [0.2, 0.25) is 0 Å². The SMILES string of the molecule is CC(=O)Cc1nc(-c2ccc(F)c(C)c2)cn1-c1ccccc1.N/C=C\C=N/C1CCCCCCN1. The number of carbonyl (C=O) groups excluding carboxylic acids is 1. The van der Waals surface area contributed by atoms with Gasteiger partial charge in [0.25, 0.3) is 0 Å². The highest BCUT2D eigenvalue weighted by Gasteiger charge is 2.13. The number of aryl methyl sites for hydroxylation is 1. The van der Waals surface area contributed by atoms with Crippen molar-refractivity contribution < 1.29 is 9.18 Å². The van der Waals surface area contributed by atoms with Crippen LogP contribution in [0.4, 0.5) is 4.39 Å². The van der Waals surface area contributed by atoms with Crippen molar-refractivity contribution in [2.75, 3.05) is 6.54 Å². The van der Waals surface area contributed by atoms with E-state index in [9.17, 15) is 9.18 Å². The van der Waals surface area contributed by atoms with E-state index in [0.29, 0.717) is 17.6 Å². The van der Waals surface area contributed by atoms with Crippen molar-refractivity contribution in [3.05, 3.63) is 84.2 Å². The predicted molar refractivity (Wildman–Crippen MR) is 145 cm³/mol. The molecular weight excluding hydrogens is 453 g/mol. The Morgan fingerprint density at radius 1 is 1.19 bits per heavy atom. The van der Waals surface area contributed by atoms with Gasteiger partial charge in [0.15, 0.2) is 0 Å². The van der Waals surface area contributed by atoms with Crippen LogP contribution in [0.5, 0.6) is 0 Å². The van der Waals surface area contributed by atoms with E-state index in [0.717, 1.165) is 29.9 Å². The number of allylic oxidation sites excluding steroid dienone is 1. The van der Waals surface area contributed by atoms with E-state index >= 15 is 0 Å². The Balaban J connectivity index is 0.000000236. The Labute approximate surface area is 213 Å². The van der Waals surface area contributed by atoms with Crippen molar-refractivity contribution in [1.29, 1.82) is 0 Å². The number of nitrogens with zero attached hydrogens (tertiary/aromatic N) is 3. The van der Waals surface area contributed by atoms with E-state index in [1.165, 1.54) is 37.9 Å². The van der Waals surface area contributed by atoms with Crippen LogP contribution in [0.1, 0.15) is 50.4 Å².